The molecule has 3 aromatic rings. The van der Waals surface area contributed by atoms with E-state index in [1.807, 2.05) is 37.3 Å². The molecule has 0 saturated heterocycles. The molecule has 3 rings (SSSR count). The number of aryl methyl sites for hydroxylation is 1. The van der Waals surface area contributed by atoms with Crippen LogP contribution in [-0.2, 0) is 6.61 Å². The van der Waals surface area contributed by atoms with Crippen molar-refractivity contribution in [2.75, 3.05) is 0 Å². The normalized spacial score (nSPS) is 10.8. The topological polar surface area (TPSA) is 42.6 Å². The standard InChI is InChI=1S/C16H14O3/c1-11-2-5-14(6-3-11)18-10-15-9-12-8-13(17)4-7-16(12)19-15/h2-9,17H,10H2,1H3. The fourth-order valence-corrected chi connectivity index (χ4v) is 1.95. The van der Waals surface area contributed by atoms with E-state index in [1.165, 1.54) is 5.56 Å². The van der Waals surface area contributed by atoms with Gasteiger partial charge in [-0.1, -0.05) is 17.7 Å². The Bertz CT molecular complexity index is 696. The lowest BCUT2D eigenvalue weighted by molar-refractivity contribution is 0.274. The molecule has 2 aromatic carbocycles. The average molecular weight is 254 g/mol. The van der Waals surface area contributed by atoms with E-state index >= 15 is 0 Å². The van der Waals surface area contributed by atoms with Gasteiger partial charge < -0.3 is 14.3 Å². The molecular formula is C16H14O3. The predicted molar refractivity (Wildman–Crippen MR) is 73.4 cm³/mol. The number of phenolic OH excluding ortho intramolecular Hbond substituents is 1. The van der Waals surface area contributed by atoms with Crippen LogP contribution in [0.1, 0.15) is 11.3 Å². The highest BCUT2D eigenvalue weighted by molar-refractivity contribution is 5.79. The van der Waals surface area contributed by atoms with Crippen LogP contribution in [0.15, 0.2) is 52.9 Å². The summed E-state index contributed by atoms with van der Waals surface area (Å²) < 4.78 is 11.3. The van der Waals surface area contributed by atoms with E-state index in [2.05, 4.69) is 0 Å². The Morgan fingerprint density at radius 2 is 1.84 bits per heavy atom. The van der Waals surface area contributed by atoms with Crippen LogP contribution in [0.25, 0.3) is 11.0 Å². The molecule has 0 aliphatic carbocycles. The largest absolute Gasteiger partial charge is 0.508 e. The molecule has 3 nitrogen and oxygen atoms in total. The van der Waals surface area contributed by atoms with Crippen LogP contribution in [0.5, 0.6) is 11.5 Å². The first-order chi connectivity index (χ1) is 9.20. The van der Waals surface area contributed by atoms with Gasteiger partial charge in [-0.25, -0.2) is 0 Å². The summed E-state index contributed by atoms with van der Waals surface area (Å²) in [4.78, 5) is 0. The van der Waals surface area contributed by atoms with Crippen molar-refractivity contribution < 1.29 is 14.3 Å². The van der Waals surface area contributed by atoms with Gasteiger partial charge in [0, 0.05) is 5.39 Å². The number of rotatable bonds is 3. The molecule has 3 heteroatoms. The van der Waals surface area contributed by atoms with Gasteiger partial charge in [-0.05, 0) is 43.3 Å². The Morgan fingerprint density at radius 3 is 2.63 bits per heavy atom. The number of furan rings is 1. The molecular weight excluding hydrogens is 240 g/mol. The molecule has 1 N–H and O–H groups in total. The van der Waals surface area contributed by atoms with E-state index in [0.717, 1.165) is 22.5 Å². The van der Waals surface area contributed by atoms with Gasteiger partial charge in [0.05, 0.1) is 0 Å². The van der Waals surface area contributed by atoms with E-state index in [0.29, 0.717) is 6.61 Å². The highest BCUT2D eigenvalue weighted by Crippen LogP contribution is 2.24. The average Bonchev–Trinajstić information content (AvgIpc) is 2.80. The van der Waals surface area contributed by atoms with Crippen molar-refractivity contribution in [3.63, 3.8) is 0 Å². The van der Waals surface area contributed by atoms with Crippen molar-refractivity contribution >= 4 is 11.0 Å². The van der Waals surface area contributed by atoms with E-state index in [9.17, 15) is 5.11 Å². The highest BCUT2D eigenvalue weighted by atomic mass is 16.5. The minimum Gasteiger partial charge on any atom is -0.508 e. The Hall–Kier alpha value is -2.42. The summed E-state index contributed by atoms with van der Waals surface area (Å²) in [5.41, 5.74) is 1.95. The first kappa shape index (κ1) is 11.7. The SMILES string of the molecule is Cc1ccc(OCc2cc3cc(O)ccc3o2)cc1. The Kier molecular flexibility index (Phi) is 2.88. The molecule has 0 bridgehead atoms. The number of aromatic hydroxyl groups is 1. The fraction of sp³-hybridized carbons (Fsp3) is 0.125. The van der Waals surface area contributed by atoms with Crippen molar-refractivity contribution in [1.82, 2.24) is 0 Å². The molecule has 0 unspecified atom stereocenters. The molecule has 0 saturated carbocycles. The molecule has 0 radical (unpaired) electrons. The van der Waals surface area contributed by atoms with Crippen LogP contribution in [-0.4, -0.2) is 5.11 Å². The summed E-state index contributed by atoms with van der Waals surface area (Å²) in [6.45, 7) is 2.41. The van der Waals surface area contributed by atoms with Gasteiger partial charge in [0.2, 0.25) is 0 Å². The van der Waals surface area contributed by atoms with Crippen LogP contribution in [0.2, 0.25) is 0 Å². The molecule has 0 spiro atoms. The first-order valence-electron chi connectivity index (χ1n) is 6.11. The number of benzene rings is 2. The lowest BCUT2D eigenvalue weighted by Gasteiger charge is -2.03. The number of hydrogen-bond donors (Lipinski definition) is 1. The van der Waals surface area contributed by atoms with Crippen LogP contribution < -0.4 is 4.74 Å². The number of phenols is 1. The van der Waals surface area contributed by atoms with Crippen molar-refractivity contribution in [3.8, 4) is 11.5 Å². The van der Waals surface area contributed by atoms with Gasteiger partial charge in [-0.3, -0.25) is 0 Å². The van der Waals surface area contributed by atoms with Crippen LogP contribution in [0.4, 0.5) is 0 Å². The second-order valence-corrected chi connectivity index (χ2v) is 4.54. The number of hydrogen-bond acceptors (Lipinski definition) is 3. The van der Waals surface area contributed by atoms with Crippen LogP contribution in [0.3, 0.4) is 0 Å². The van der Waals surface area contributed by atoms with Crippen molar-refractivity contribution in [3.05, 3.63) is 59.9 Å². The second kappa shape index (κ2) is 4.69. The molecule has 19 heavy (non-hydrogen) atoms. The smallest absolute Gasteiger partial charge is 0.146 e. The number of ether oxygens (including phenoxy) is 1. The van der Waals surface area contributed by atoms with Gasteiger partial charge >= 0.3 is 0 Å². The molecule has 0 aliphatic rings. The summed E-state index contributed by atoms with van der Waals surface area (Å²) in [7, 11) is 0. The summed E-state index contributed by atoms with van der Waals surface area (Å²) in [5, 5.41) is 10.3. The minimum absolute atomic E-state index is 0.235. The van der Waals surface area contributed by atoms with Gasteiger partial charge in [0.1, 0.15) is 29.4 Å². The molecule has 0 atom stereocenters. The molecule has 96 valence electrons. The molecule has 0 amide bonds. The van der Waals surface area contributed by atoms with E-state index < -0.39 is 0 Å². The van der Waals surface area contributed by atoms with Gasteiger partial charge in [0.15, 0.2) is 0 Å². The maximum atomic E-state index is 9.40. The van der Waals surface area contributed by atoms with E-state index in [-0.39, 0.29) is 5.75 Å². The molecule has 1 heterocycles. The van der Waals surface area contributed by atoms with Gasteiger partial charge in [0.25, 0.3) is 0 Å². The predicted octanol–water partition coefficient (Wildman–Crippen LogP) is 4.03. The summed E-state index contributed by atoms with van der Waals surface area (Å²) in [6, 6.07) is 14.8. The lowest BCUT2D eigenvalue weighted by Crippen LogP contribution is -1.93. The molecule has 0 aliphatic heterocycles. The highest BCUT2D eigenvalue weighted by Gasteiger charge is 2.05. The third kappa shape index (κ3) is 2.55. The van der Waals surface area contributed by atoms with E-state index in [1.54, 1.807) is 18.2 Å². The van der Waals surface area contributed by atoms with Gasteiger partial charge in [-0.2, -0.15) is 0 Å². The third-order valence-corrected chi connectivity index (χ3v) is 2.95. The summed E-state index contributed by atoms with van der Waals surface area (Å²) in [6.07, 6.45) is 0. The molecule has 0 fully saturated rings. The Morgan fingerprint density at radius 1 is 1.05 bits per heavy atom. The van der Waals surface area contributed by atoms with E-state index in [4.69, 9.17) is 9.15 Å². The zero-order valence-electron chi connectivity index (χ0n) is 10.6. The minimum atomic E-state index is 0.235. The van der Waals surface area contributed by atoms with Crippen LogP contribution in [0, 0.1) is 6.92 Å². The molecule has 1 aromatic heterocycles. The van der Waals surface area contributed by atoms with Crippen LogP contribution >= 0.6 is 0 Å². The Balaban J connectivity index is 1.76. The monoisotopic (exact) mass is 254 g/mol. The Labute approximate surface area is 111 Å². The van der Waals surface area contributed by atoms with Crippen molar-refractivity contribution in [1.29, 1.82) is 0 Å². The van der Waals surface area contributed by atoms with Crippen molar-refractivity contribution in [2.24, 2.45) is 0 Å². The maximum Gasteiger partial charge on any atom is 0.146 e. The first-order valence-corrected chi connectivity index (χ1v) is 6.11. The summed E-state index contributed by atoms with van der Waals surface area (Å²) >= 11 is 0. The fourth-order valence-electron chi connectivity index (χ4n) is 1.95. The van der Waals surface area contributed by atoms with Crippen molar-refractivity contribution in [2.45, 2.75) is 13.5 Å². The summed E-state index contributed by atoms with van der Waals surface area (Å²) in [5.74, 6) is 1.79. The lowest BCUT2D eigenvalue weighted by atomic mass is 10.2. The zero-order chi connectivity index (χ0) is 13.2. The zero-order valence-corrected chi connectivity index (χ0v) is 10.6. The second-order valence-electron chi connectivity index (χ2n) is 4.54. The quantitative estimate of drug-likeness (QED) is 0.767. The third-order valence-electron chi connectivity index (χ3n) is 2.95. The number of fused-ring (bicyclic) bond motifs is 1. The van der Waals surface area contributed by atoms with Gasteiger partial charge in [-0.15, -0.1) is 0 Å². The maximum absolute atomic E-state index is 9.40.